The summed E-state index contributed by atoms with van der Waals surface area (Å²) in [5, 5.41) is 7.97. The summed E-state index contributed by atoms with van der Waals surface area (Å²) in [6.45, 7) is 3.35. The van der Waals surface area contributed by atoms with Crippen LogP contribution in [0.5, 0.6) is 0 Å². The van der Waals surface area contributed by atoms with Crippen LogP contribution in [0, 0.1) is 6.92 Å². The van der Waals surface area contributed by atoms with Crippen molar-refractivity contribution in [3.63, 3.8) is 0 Å². The van der Waals surface area contributed by atoms with Gasteiger partial charge in [-0.3, -0.25) is 4.79 Å². The third-order valence-corrected chi connectivity index (χ3v) is 5.78. The maximum atomic E-state index is 12.5. The first-order valence-corrected chi connectivity index (χ1v) is 10.2. The minimum atomic E-state index is -0.166. The molecule has 0 fully saturated rings. The van der Waals surface area contributed by atoms with Crippen molar-refractivity contribution in [3.8, 4) is 0 Å². The number of rotatable bonds is 4. The van der Waals surface area contributed by atoms with Crippen molar-refractivity contribution in [1.29, 1.82) is 0 Å². The van der Waals surface area contributed by atoms with E-state index < -0.39 is 0 Å². The SMILES string of the molecule is Cc1cnc(NC(=O)CCNC(=O)N2CCc3c([nH]c4ccc(Cl)cc34)C2)s1. The molecule has 0 aliphatic carbocycles. The number of carbonyl (C=O) groups is 2. The van der Waals surface area contributed by atoms with Gasteiger partial charge in [0, 0.05) is 52.2 Å². The second-order valence-corrected chi connectivity index (χ2v) is 8.42. The fourth-order valence-corrected chi connectivity index (χ4v) is 4.23. The van der Waals surface area contributed by atoms with Crippen LogP contribution in [0.3, 0.4) is 0 Å². The molecular formula is C19H20ClN5O2S. The van der Waals surface area contributed by atoms with E-state index in [0.717, 1.165) is 27.9 Å². The predicted octanol–water partition coefficient (Wildman–Crippen LogP) is 3.68. The first kappa shape index (κ1) is 18.8. The molecule has 0 spiro atoms. The maximum absolute atomic E-state index is 12.5. The van der Waals surface area contributed by atoms with Gasteiger partial charge in [0.2, 0.25) is 5.91 Å². The molecule has 3 N–H and O–H groups in total. The van der Waals surface area contributed by atoms with Gasteiger partial charge in [-0.25, -0.2) is 9.78 Å². The summed E-state index contributed by atoms with van der Waals surface area (Å²) in [7, 11) is 0. The first-order chi connectivity index (χ1) is 13.5. The van der Waals surface area contributed by atoms with Crippen LogP contribution >= 0.6 is 22.9 Å². The second kappa shape index (κ2) is 7.81. The average molecular weight is 418 g/mol. The van der Waals surface area contributed by atoms with Crippen molar-refractivity contribution < 1.29 is 9.59 Å². The number of nitrogens with one attached hydrogen (secondary N) is 3. The molecule has 28 heavy (non-hydrogen) atoms. The standard InChI is InChI=1S/C19H20ClN5O2S/c1-11-9-22-18(28-11)24-17(26)4-6-21-19(27)25-7-5-13-14-8-12(20)2-3-15(14)23-16(13)10-25/h2-3,8-9,23H,4-7,10H2,1H3,(H,21,27)(H,22,24,26). The van der Waals surface area contributed by atoms with Crippen LogP contribution in [0.15, 0.2) is 24.4 Å². The Morgan fingerprint density at radius 1 is 1.39 bits per heavy atom. The van der Waals surface area contributed by atoms with E-state index in [1.54, 1.807) is 11.1 Å². The highest BCUT2D eigenvalue weighted by Gasteiger charge is 2.24. The summed E-state index contributed by atoms with van der Waals surface area (Å²) in [4.78, 5) is 34.7. The number of fused-ring (bicyclic) bond motifs is 3. The van der Waals surface area contributed by atoms with Gasteiger partial charge in [-0.2, -0.15) is 0 Å². The molecule has 1 aromatic carbocycles. The Labute approximate surface area is 171 Å². The number of nitrogens with zero attached hydrogens (tertiary/aromatic N) is 2. The van der Waals surface area contributed by atoms with E-state index in [1.165, 1.54) is 16.9 Å². The number of anilines is 1. The first-order valence-electron chi connectivity index (χ1n) is 9.03. The molecule has 7 nitrogen and oxygen atoms in total. The molecule has 3 amide bonds. The zero-order chi connectivity index (χ0) is 19.7. The Balaban J connectivity index is 1.30. The van der Waals surface area contributed by atoms with E-state index in [9.17, 15) is 9.59 Å². The number of benzene rings is 1. The lowest BCUT2D eigenvalue weighted by Gasteiger charge is -2.27. The quantitative estimate of drug-likeness (QED) is 0.604. The van der Waals surface area contributed by atoms with E-state index in [-0.39, 0.29) is 24.9 Å². The monoisotopic (exact) mass is 417 g/mol. The molecule has 3 heterocycles. The molecule has 9 heteroatoms. The summed E-state index contributed by atoms with van der Waals surface area (Å²) in [5.41, 5.74) is 3.29. The summed E-state index contributed by atoms with van der Waals surface area (Å²) in [6, 6.07) is 5.61. The van der Waals surface area contributed by atoms with Crippen molar-refractivity contribution in [2.24, 2.45) is 0 Å². The number of hydrogen-bond donors (Lipinski definition) is 3. The largest absolute Gasteiger partial charge is 0.357 e. The molecule has 0 saturated carbocycles. The number of aromatic amines is 1. The number of aryl methyl sites for hydroxylation is 1. The number of amides is 3. The normalized spacial score (nSPS) is 13.4. The minimum absolute atomic E-state index is 0.164. The highest BCUT2D eigenvalue weighted by molar-refractivity contribution is 7.15. The number of urea groups is 1. The third-order valence-electron chi connectivity index (χ3n) is 4.72. The smallest absolute Gasteiger partial charge is 0.317 e. The van der Waals surface area contributed by atoms with Gasteiger partial charge >= 0.3 is 6.03 Å². The van der Waals surface area contributed by atoms with Crippen LogP contribution in [-0.4, -0.2) is 39.9 Å². The van der Waals surface area contributed by atoms with Crippen molar-refractivity contribution in [2.45, 2.75) is 26.3 Å². The minimum Gasteiger partial charge on any atom is -0.357 e. The van der Waals surface area contributed by atoms with Crippen LogP contribution < -0.4 is 10.6 Å². The van der Waals surface area contributed by atoms with Gasteiger partial charge in [0.25, 0.3) is 0 Å². The molecule has 2 aromatic heterocycles. The topological polar surface area (TPSA) is 90.1 Å². The Bertz CT molecular complexity index is 1040. The zero-order valence-electron chi connectivity index (χ0n) is 15.3. The fraction of sp³-hybridized carbons (Fsp3) is 0.316. The number of aromatic nitrogens is 2. The highest BCUT2D eigenvalue weighted by atomic mass is 35.5. The molecule has 0 unspecified atom stereocenters. The maximum Gasteiger partial charge on any atom is 0.317 e. The molecule has 146 valence electrons. The lowest BCUT2D eigenvalue weighted by Crippen LogP contribution is -2.43. The summed E-state index contributed by atoms with van der Waals surface area (Å²) in [6.07, 6.45) is 2.69. The highest BCUT2D eigenvalue weighted by Crippen LogP contribution is 2.29. The Morgan fingerprint density at radius 3 is 3.04 bits per heavy atom. The fourth-order valence-electron chi connectivity index (χ4n) is 3.38. The van der Waals surface area contributed by atoms with Gasteiger partial charge in [0.15, 0.2) is 5.13 Å². The number of carbonyl (C=O) groups excluding carboxylic acids is 2. The van der Waals surface area contributed by atoms with Gasteiger partial charge in [0.05, 0.1) is 6.54 Å². The molecule has 4 rings (SSSR count). The molecule has 0 atom stereocenters. The number of thiazole rings is 1. The van der Waals surface area contributed by atoms with E-state index in [1.807, 2.05) is 25.1 Å². The van der Waals surface area contributed by atoms with Crippen LogP contribution in [-0.2, 0) is 17.8 Å². The van der Waals surface area contributed by atoms with Crippen molar-refractivity contribution in [2.75, 3.05) is 18.4 Å². The predicted molar refractivity (Wildman–Crippen MR) is 111 cm³/mol. The van der Waals surface area contributed by atoms with E-state index in [0.29, 0.717) is 23.2 Å². The van der Waals surface area contributed by atoms with E-state index >= 15 is 0 Å². The van der Waals surface area contributed by atoms with Crippen molar-refractivity contribution in [3.05, 3.63) is 45.6 Å². The third kappa shape index (κ3) is 3.98. The molecular weight excluding hydrogens is 398 g/mol. The van der Waals surface area contributed by atoms with Gasteiger partial charge < -0.3 is 20.5 Å². The Morgan fingerprint density at radius 2 is 2.25 bits per heavy atom. The Hall–Kier alpha value is -2.58. The zero-order valence-corrected chi connectivity index (χ0v) is 16.9. The number of H-pyrrole nitrogens is 1. The summed E-state index contributed by atoms with van der Waals surface area (Å²) >= 11 is 7.53. The van der Waals surface area contributed by atoms with Crippen LogP contribution in [0.1, 0.15) is 22.6 Å². The van der Waals surface area contributed by atoms with E-state index in [2.05, 4.69) is 20.6 Å². The van der Waals surface area contributed by atoms with Crippen LogP contribution in [0.25, 0.3) is 10.9 Å². The van der Waals surface area contributed by atoms with Gasteiger partial charge in [-0.15, -0.1) is 11.3 Å². The summed E-state index contributed by atoms with van der Waals surface area (Å²) < 4.78 is 0. The molecule has 0 saturated heterocycles. The lowest BCUT2D eigenvalue weighted by molar-refractivity contribution is -0.116. The van der Waals surface area contributed by atoms with Gasteiger partial charge in [-0.1, -0.05) is 11.6 Å². The van der Waals surface area contributed by atoms with E-state index in [4.69, 9.17) is 11.6 Å². The molecule has 0 bridgehead atoms. The number of halogens is 1. The molecule has 1 aliphatic heterocycles. The lowest BCUT2D eigenvalue weighted by atomic mass is 10.0. The molecule has 0 radical (unpaired) electrons. The van der Waals surface area contributed by atoms with Crippen LogP contribution in [0.2, 0.25) is 5.02 Å². The van der Waals surface area contributed by atoms with Gasteiger partial charge in [-0.05, 0) is 37.1 Å². The molecule has 3 aromatic rings. The average Bonchev–Trinajstić information content (AvgIpc) is 3.23. The summed E-state index contributed by atoms with van der Waals surface area (Å²) in [5.74, 6) is -0.164. The molecule has 1 aliphatic rings. The second-order valence-electron chi connectivity index (χ2n) is 6.75. The van der Waals surface area contributed by atoms with Crippen molar-refractivity contribution >= 4 is 50.9 Å². The van der Waals surface area contributed by atoms with Crippen molar-refractivity contribution in [1.82, 2.24) is 20.2 Å². The van der Waals surface area contributed by atoms with Crippen LogP contribution in [0.4, 0.5) is 9.93 Å². The number of hydrogen-bond acceptors (Lipinski definition) is 4. The van der Waals surface area contributed by atoms with Gasteiger partial charge in [0.1, 0.15) is 0 Å². The Kier molecular flexibility index (Phi) is 5.23.